The Morgan fingerprint density at radius 1 is 1.27 bits per heavy atom. The van der Waals surface area contributed by atoms with Gasteiger partial charge in [-0.25, -0.2) is 0 Å². The monoisotopic (exact) mass is 365 g/mol. The van der Waals surface area contributed by atoms with Crippen LogP contribution in [0, 0.1) is 0 Å². The van der Waals surface area contributed by atoms with Gasteiger partial charge < -0.3 is 10.2 Å². The summed E-state index contributed by atoms with van der Waals surface area (Å²) in [6.45, 7) is 4.29. The molecule has 0 bridgehead atoms. The third-order valence-corrected chi connectivity index (χ3v) is 5.02. The van der Waals surface area contributed by atoms with Gasteiger partial charge in [-0.2, -0.15) is 18.3 Å². The number of halogens is 3. The van der Waals surface area contributed by atoms with Crippen LogP contribution >= 0.6 is 0 Å². The highest BCUT2D eigenvalue weighted by Crippen LogP contribution is 2.31. The van der Waals surface area contributed by atoms with Crippen LogP contribution in [0.4, 0.5) is 13.2 Å². The summed E-state index contributed by atoms with van der Waals surface area (Å²) in [5.41, 5.74) is 2.12. The summed E-state index contributed by atoms with van der Waals surface area (Å²) in [4.78, 5) is 18.2. The lowest BCUT2D eigenvalue weighted by Crippen LogP contribution is -2.42. The molecule has 0 saturated carbocycles. The average molecular weight is 365 g/mol. The number of hydrogen-bond donors (Lipinski definition) is 1. The molecule has 26 heavy (non-hydrogen) atoms. The van der Waals surface area contributed by atoms with Crippen molar-refractivity contribution >= 4 is 5.91 Å². The smallest absolute Gasteiger partial charge is 0.329 e. The van der Waals surface area contributed by atoms with E-state index in [9.17, 15) is 18.0 Å². The highest BCUT2D eigenvalue weighted by atomic mass is 19.4. The minimum atomic E-state index is -4.47. The number of nitrogens with one attached hydrogen (secondary N) is 1. The van der Waals surface area contributed by atoms with E-state index in [1.165, 1.54) is 12.3 Å². The fraction of sp³-hybridized carbons (Fsp3) is 0.471. The number of fused-ring (bicyclic) bond motifs is 3. The Morgan fingerprint density at radius 3 is 2.77 bits per heavy atom. The first-order valence-electron chi connectivity index (χ1n) is 8.49. The molecule has 0 spiro atoms. The molecule has 0 fully saturated rings. The molecule has 2 aliphatic rings. The summed E-state index contributed by atoms with van der Waals surface area (Å²) >= 11 is 0. The van der Waals surface area contributed by atoms with Crippen LogP contribution in [0.3, 0.4) is 0 Å². The van der Waals surface area contributed by atoms with Crippen molar-refractivity contribution < 1.29 is 18.0 Å². The summed E-state index contributed by atoms with van der Waals surface area (Å²) in [6, 6.07) is 1.97. The van der Waals surface area contributed by atoms with Gasteiger partial charge in [0.05, 0.1) is 18.3 Å². The Balaban J connectivity index is 1.61. The summed E-state index contributed by atoms with van der Waals surface area (Å²) < 4.78 is 39.8. The zero-order chi connectivity index (χ0) is 18.5. The number of hydrogen-bond acceptors (Lipinski definition) is 4. The van der Waals surface area contributed by atoms with Crippen molar-refractivity contribution in [3.8, 4) is 0 Å². The molecule has 0 aliphatic carbocycles. The standard InChI is InChI=1S/C17H18F3N5O/c1-10(11-2-3-14(22-8-11)17(18,19)20)24-6-7-25-15(16(24)26)12-9-21-5-4-13(12)23-25/h2-3,8,10,21H,4-7,9H2,1H3. The predicted molar refractivity (Wildman–Crippen MR) is 86.3 cm³/mol. The number of pyridine rings is 1. The Hall–Kier alpha value is -2.42. The van der Waals surface area contributed by atoms with Gasteiger partial charge in [-0.3, -0.25) is 14.5 Å². The molecule has 2 aromatic heterocycles. The van der Waals surface area contributed by atoms with Crippen LogP contribution in [0.25, 0.3) is 0 Å². The molecule has 4 heterocycles. The third-order valence-electron chi connectivity index (χ3n) is 5.02. The predicted octanol–water partition coefficient (Wildman–Crippen LogP) is 2.16. The highest BCUT2D eigenvalue weighted by Gasteiger charge is 2.35. The average Bonchev–Trinajstić information content (AvgIpc) is 3.00. The molecule has 1 atom stereocenters. The number of aromatic nitrogens is 3. The second kappa shape index (κ2) is 6.08. The summed E-state index contributed by atoms with van der Waals surface area (Å²) in [5, 5.41) is 7.79. The van der Waals surface area contributed by atoms with Gasteiger partial charge in [-0.15, -0.1) is 0 Å². The van der Waals surface area contributed by atoms with Crippen molar-refractivity contribution in [2.75, 3.05) is 13.1 Å². The van der Waals surface area contributed by atoms with E-state index < -0.39 is 11.9 Å². The Morgan fingerprint density at radius 2 is 2.08 bits per heavy atom. The van der Waals surface area contributed by atoms with Gasteiger partial charge in [0.25, 0.3) is 5.91 Å². The molecule has 0 saturated heterocycles. The topological polar surface area (TPSA) is 63.1 Å². The number of alkyl halides is 3. The van der Waals surface area contributed by atoms with E-state index >= 15 is 0 Å². The first kappa shape index (κ1) is 17.0. The summed E-state index contributed by atoms with van der Waals surface area (Å²) in [6.07, 6.45) is -2.48. The molecule has 0 aromatic carbocycles. The molecule has 138 valence electrons. The van der Waals surface area contributed by atoms with Crippen LogP contribution in [0.15, 0.2) is 18.3 Å². The molecule has 0 radical (unpaired) electrons. The van der Waals surface area contributed by atoms with E-state index in [0.717, 1.165) is 30.3 Å². The van der Waals surface area contributed by atoms with Crippen LogP contribution in [-0.2, 0) is 25.7 Å². The Kier molecular flexibility index (Phi) is 3.98. The minimum absolute atomic E-state index is 0.138. The fourth-order valence-electron chi connectivity index (χ4n) is 3.57. The maximum Gasteiger partial charge on any atom is 0.433 e. The minimum Gasteiger partial charge on any atom is -0.329 e. The van der Waals surface area contributed by atoms with Gasteiger partial charge in [0.15, 0.2) is 0 Å². The van der Waals surface area contributed by atoms with Crippen LogP contribution < -0.4 is 5.32 Å². The first-order valence-corrected chi connectivity index (χ1v) is 8.49. The molecular formula is C17H18F3N5O. The molecule has 1 N–H and O–H groups in total. The van der Waals surface area contributed by atoms with Crippen LogP contribution in [0.5, 0.6) is 0 Å². The highest BCUT2D eigenvalue weighted by molar-refractivity contribution is 5.95. The van der Waals surface area contributed by atoms with E-state index in [-0.39, 0.29) is 11.9 Å². The fourth-order valence-corrected chi connectivity index (χ4v) is 3.57. The second-order valence-corrected chi connectivity index (χ2v) is 6.57. The van der Waals surface area contributed by atoms with Crippen molar-refractivity contribution in [1.82, 2.24) is 25.0 Å². The van der Waals surface area contributed by atoms with E-state index in [4.69, 9.17) is 0 Å². The second-order valence-electron chi connectivity index (χ2n) is 6.57. The third kappa shape index (κ3) is 2.76. The number of carbonyl (C=O) groups excluding carboxylic acids is 1. The van der Waals surface area contributed by atoms with Gasteiger partial charge in [0, 0.05) is 37.8 Å². The first-order chi connectivity index (χ1) is 12.4. The Bertz CT molecular complexity index is 843. The molecule has 4 rings (SSSR count). The molecule has 2 aromatic rings. The van der Waals surface area contributed by atoms with Crippen molar-refractivity contribution in [3.63, 3.8) is 0 Å². The van der Waals surface area contributed by atoms with Crippen LogP contribution in [-0.4, -0.2) is 38.7 Å². The van der Waals surface area contributed by atoms with Gasteiger partial charge >= 0.3 is 6.18 Å². The lowest BCUT2D eigenvalue weighted by atomic mass is 10.0. The van der Waals surface area contributed by atoms with Crippen molar-refractivity contribution in [1.29, 1.82) is 0 Å². The lowest BCUT2D eigenvalue weighted by Gasteiger charge is -2.33. The zero-order valence-electron chi connectivity index (χ0n) is 14.2. The zero-order valence-corrected chi connectivity index (χ0v) is 14.2. The molecule has 1 unspecified atom stereocenters. The van der Waals surface area contributed by atoms with Gasteiger partial charge in [-0.05, 0) is 18.6 Å². The molecule has 1 amide bonds. The van der Waals surface area contributed by atoms with Crippen molar-refractivity contribution in [3.05, 3.63) is 46.5 Å². The van der Waals surface area contributed by atoms with E-state index in [1.54, 1.807) is 16.5 Å². The quantitative estimate of drug-likeness (QED) is 0.886. The maximum atomic E-state index is 13.0. The largest absolute Gasteiger partial charge is 0.433 e. The summed E-state index contributed by atoms with van der Waals surface area (Å²) in [5.74, 6) is -0.138. The SMILES string of the molecule is CC(c1ccc(C(F)(F)F)nc1)N1CCn2nc3c(c2C1=O)CNCC3. The number of rotatable bonds is 2. The number of amides is 1. The maximum absolute atomic E-state index is 13.0. The normalized spacial score (nSPS) is 18.5. The van der Waals surface area contributed by atoms with Gasteiger partial charge in [-0.1, -0.05) is 6.07 Å². The van der Waals surface area contributed by atoms with E-state index in [2.05, 4.69) is 15.4 Å². The van der Waals surface area contributed by atoms with Crippen molar-refractivity contribution in [2.24, 2.45) is 0 Å². The number of carbonyl (C=O) groups is 1. The molecule has 2 aliphatic heterocycles. The lowest BCUT2D eigenvalue weighted by molar-refractivity contribution is -0.141. The van der Waals surface area contributed by atoms with Crippen LogP contribution in [0.2, 0.25) is 0 Å². The number of nitrogens with zero attached hydrogens (tertiary/aromatic N) is 4. The van der Waals surface area contributed by atoms with Crippen LogP contribution in [0.1, 0.15) is 46.0 Å². The van der Waals surface area contributed by atoms with Gasteiger partial charge in [0.2, 0.25) is 0 Å². The summed E-state index contributed by atoms with van der Waals surface area (Å²) in [7, 11) is 0. The van der Waals surface area contributed by atoms with Gasteiger partial charge in [0.1, 0.15) is 11.4 Å². The van der Waals surface area contributed by atoms with E-state index in [0.29, 0.717) is 30.9 Å². The molecular weight excluding hydrogens is 347 g/mol. The van der Waals surface area contributed by atoms with Crippen molar-refractivity contribution in [2.45, 2.75) is 38.7 Å². The van der Waals surface area contributed by atoms with E-state index in [1.807, 2.05) is 0 Å². The molecule has 6 nitrogen and oxygen atoms in total. The molecule has 9 heteroatoms. The Labute approximate surface area is 148 Å².